The van der Waals surface area contributed by atoms with E-state index in [1.54, 1.807) is 66.3 Å². The third kappa shape index (κ3) is 6.56. The number of thiophene rings is 1. The molecule has 0 radical (unpaired) electrons. The predicted octanol–water partition coefficient (Wildman–Crippen LogP) is 5.72. The molecule has 0 bridgehead atoms. The highest BCUT2D eigenvalue weighted by atomic mass is 35.5. The molecule has 1 fully saturated rings. The number of halogens is 1. The highest BCUT2D eigenvalue weighted by Crippen LogP contribution is 2.37. The minimum atomic E-state index is -3.69. The summed E-state index contributed by atoms with van der Waals surface area (Å²) in [6, 6.07) is 19.7. The summed E-state index contributed by atoms with van der Waals surface area (Å²) in [6.45, 7) is 2.40. The number of likely N-dealkylation sites (tertiary alicyclic amines) is 1. The maximum atomic E-state index is 14.2. The van der Waals surface area contributed by atoms with Gasteiger partial charge in [-0.05, 0) is 56.2 Å². The first-order valence-corrected chi connectivity index (χ1v) is 17.0. The van der Waals surface area contributed by atoms with Crippen LogP contribution in [0.15, 0.2) is 72.1 Å². The van der Waals surface area contributed by atoms with Gasteiger partial charge in [-0.3, -0.25) is 9.59 Å². The van der Waals surface area contributed by atoms with Crippen molar-refractivity contribution in [1.82, 2.24) is 9.62 Å². The third-order valence-electron chi connectivity index (χ3n) is 7.99. The van der Waals surface area contributed by atoms with Crippen molar-refractivity contribution in [3.05, 3.63) is 88.3 Å². The summed E-state index contributed by atoms with van der Waals surface area (Å²) >= 11 is 7.62. The zero-order valence-electron chi connectivity index (χ0n) is 24.7. The van der Waals surface area contributed by atoms with E-state index in [2.05, 4.69) is 4.72 Å². The second-order valence-corrected chi connectivity index (χ2v) is 14.0. The van der Waals surface area contributed by atoms with Crippen LogP contribution in [0.1, 0.15) is 35.7 Å². The molecule has 44 heavy (non-hydrogen) atoms. The van der Waals surface area contributed by atoms with E-state index in [0.29, 0.717) is 46.3 Å². The standard InChI is InChI=1S/C32H34ClN3O6S2/c1-32(15-17-36(32)30(37)27-21-43-29-8-5-4-7-26(27)29)31(38)35(24-12-10-23(33)11-13-24)16-6-18-44(39,40)34-20-22-9-14-25(41-2)19-28(22)42-3/h4-5,7-14,19,21,34H,6,15-18,20H2,1-3H3. The summed E-state index contributed by atoms with van der Waals surface area (Å²) in [4.78, 5) is 31.0. The summed E-state index contributed by atoms with van der Waals surface area (Å²) in [6.07, 6.45) is 0.663. The van der Waals surface area contributed by atoms with Crippen LogP contribution in [0, 0.1) is 0 Å². The second kappa shape index (κ2) is 13.2. The van der Waals surface area contributed by atoms with Gasteiger partial charge >= 0.3 is 0 Å². The SMILES string of the molecule is COc1ccc(CNS(=O)(=O)CCCN(C(=O)C2(C)CCN2C(=O)c2csc3ccccc23)c2ccc(Cl)cc2)c(OC)c1. The average molecular weight is 656 g/mol. The van der Waals surface area contributed by atoms with Gasteiger partial charge in [0.1, 0.15) is 17.0 Å². The fraction of sp³-hybridized carbons (Fsp3) is 0.312. The first kappa shape index (κ1) is 31.8. The van der Waals surface area contributed by atoms with Crippen LogP contribution >= 0.6 is 22.9 Å². The fourth-order valence-corrected chi connectivity index (χ4v) is 7.42. The van der Waals surface area contributed by atoms with E-state index in [0.717, 1.165) is 10.1 Å². The van der Waals surface area contributed by atoms with E-state index in [-0.39, 0.29) is 37.1 Å². The van der Waals surface area contributed by atoms with Crippen LogP contribution in [0.25, 0.3) is 10.1 Å². The van der Waals surface area contributed by atoms with E-state index < -0.39 is 15.6 Å². The summed E-state index contributed by atoms with van der Waals surface area (Å²) in [5.74, 6) is 0.441. The van der Waals surface area contributed by atoms with Crippen molar-refractivity contribution in [3.63, 3.8) is 0 Å². The Morgan fingerprint density at radius 2 is 1.82 bits per heavy atom. The molecule has 9 nitrogen and oxygen atoms in total. The molecular formula is C32H34ClN3O6S2. The molecule has 1 aliphatic heterocycles. The zero-order valence-corrected chi connectivity index (χ0v) is 27.1. The van der Waals surface area contributed by atoms with Gasteiger partial charge in [0.2, 0.25) is 10.0 Å². The monoisotopic (exact) mass is 655 g/mol. The number of hydrogen-bond donors (Lipinski definition) is 1. The number of nitrogens with zero attached hydrogens (tertiary/aromatic N) is 2. The molecule has 0 saturated carbocycles. The largest absolute Gasteiger partial charge is 0.497 e. The lowest BCUT2D eigenvalue weighted by molar-refractivity contribution is -0.134. The maximum Gasteiger partial charge on any atom is 0.256 e. The van der Waals surface area contributed by atoms with Crippen LogP contribution in [0.2, 0.25) is 5.02 Å². The maximum absolute atomic E-state index is 14.2. The van der Waals surface area contributed by atoms with Gasteiger partial charge in [-0.15, -0.1) is 11.3 Å². The van der Waals surface area contributed by atoms with Gasteiger partial charge in [0, 0.05) is 57.4 Å². The zero-order chi connectivity index (χ0) is 31.5. The molecule has 1 aromatic heterocycles. The molecule has 0 aliphatic carbocycles. The molecule has 1 N–H and O–H groups in total. The number of carbonyl (C=O) groups excluding carboxylic acids is 2. The number of fused-ring (bicyclic) bond motifs is 1. The van der Waals surface area contributed by atoms with E-state index in [1.165, 1.54) is 18.4 Å². The molecular weight excluding hydrogens is 622 g/mol. The lowest BCUT2D eigenvalue weighted by atomic mass is 9.84. The molecule has 3 aromatic carbocycles. The van der Waals surface area contributed by atoms with Crippen molar-refractivity contribution < 1.29 is 27.5 Å². The fourth-order valence-electron chi connectivity index (χ4n) is 5.33. The Morgan fingerprint density at radius 1 is 1.07 bits per heavy atom. The topological polar surface area (TPSA) is 105 Å². The summed E-state index contributed by atoms with van der Waals surface area (Å²) < 4.78 is 40.1. The number of ether oxygens (including phenoxy) is 2. The van der Waals surface area contributed by atoms with E-state index in [1.807, 2.05) is 29.6 Å². The van der Waals surface area contributed by atoms with E-state index in [4.69, 9.17) is 21.1 Å². The smallest absolute Gasteiger partial charge is 0.256 e. The molecule has 4 aromatic rings. The van der Waals surface area contributed by atoms with Gasteiger partial charge in [0.05, 0.1) is 25.5 Å². The van der Waals surface area contributed by atoms with Crippen LogP contribution in [-0.2, 0) is 21.4 Å². The Bertz CT molecular complexity index is 1780. The van der Waals surface area contributed by atoms with E-state index in [9.17, 15) is 18.0 Å². The van der Waals surface area contributed by atoms with Crippen LogP contribution in [-0.4, -0.2) is 63.7 Å². The van der Waals surface area contributed by atoms with Crippen LogP contribution in [0.3, 0.4) is 0 Å². The van der Waals surface area contributed by atoms with Gasteiger partial charge in [-0.2, -0.15) is 0 Å². The first-order chi connectivity index (χ1) is 21.1. The lowest BCUT2D eigenvalue weighted by Gasteiger charge is -2.50. The molecule has 5 rings (SSSR count). The highest BCUT2D eigenvalue weighted by Gasteiger charge is 2.51. The minimum Gasteiger partial charge on any atom is -0.497 e. The van der Waals surface area contributed by atoms with E-state index >= 15 is 0 Å². The Labute approximate surface area is 266 Å². The van der Waals surface area contributed by atoms with Gasteiger partial charge in [0.15, 0.2) is 0 Å². The molecule has 1 aliphatic rings. The number of nitrogens with one attached hydrogen (secondary N) is 1. The number of carbonyl (C=O) groups is 2. The van der Waals surface area contributed by atoms with Crippen LogP contribution in [0.4, 0.5) is 5.69 Å². The normalized spacial score (nSPS) is 16.4. The highest BCUT2D eigenvalue weighted by molar-refractivity contribution is 7.89. The van der Waals surface area contributed by atoms with Crippen molar-refractivity contribution in [1.29, 1.82) is 0 Å². The predicted molar refractivity (Wildman–Crippen MR) is 174 cm³/mol. The summed E-state index contributed by atoms with van der Waals surface area (Å²) in [7, 11) is -0.640. The first-order valence-electron chi connectivity index (χ1n) is 14.1. The quantitative estimate of drug-likeness (QED) is 0.209. The second-order valence-electron chi connectivity index (χ2n) is 10.7. The van der Waals surface area contributed by atoms with Gasteiger partial charge < -0.3 is 19.3 Å². The Balaban J connectivity index is 1.29. The lowest BCUT2D eigenvalue weighted by Crippen LogP contribution is -2.68. The molecule has 0 spiro atoms. The Kier molecular flexibility index (Phi) is 9.50. The minimum absolute atomic E-state index is 0.0434. The summed E-state index contributed by atoms with van der Waals surface area (Å²) in [5.41, 5.74) is 0.736. The van der Waals surface area contributed by atoms with Crippen molar-refractivity contribution in [3.8, 4) is 11.5 Å². The number of methoxy groups -OCH3 is 2. The Hall–Kier alpha value is -3.64. The van der Waals surface area contributed by atoms with Gasteiger partial charge in [-0.1, -0.05) is 35.9 Å². The Morgan fingerprint density at radius 3 is 2.50 bits per heavy atom. The third-order valence-corrected chi connectivity index (χ3v) is 10.6. The molecule has 1 saturated heterocycles. The molecule has 12 heteroatoms. The molecule has 2 amide bonds. The van der Waals surface area contributed by atoms with Crippen molar-refractivity contribution in [2.75, 3.05) is 38.0 Å². The molecule has 1 atom stereocenters. The van der Waals surface area contributed by atoms with Crippen molar-refractivity contribution >= 4 is 60.5 Å². The molecule has 2 heterocycles. The number of sulfonamides is 1. The number of anilines is 1. The van der Waals surface area contributed by atoms with Crippen molar-refractivity contribution in [2.45, 2.75) is 31.8 Å². The number of amides is 2. The van der Waals surface area contributed by atoms with Crippen LogP contribution in [0.5, 0.6) is 11.5 Å². The van der Waals surface area contributed by atoms with Gasteiger partial charge in [0.25, 0.3) is 11.8 Å². The summed E-state index contributed by atoms with van der Waals surface area (Å²) in [5, 5.41) is 3.22. The van der Waals surface area contributed by atoms with Gasteiger partial charge in [-0.25, -0.2) is 13.1 Å². The number of hydrogen-bond acceptors (Lipinski definition) is 7. The van der Waals surface area contributed by atoms with Crippen LogP contribution < -0.4 is 19.1 Å². The average Bonchev–Trinajstić information content (AvgIpc) is 3.46. The van der Waals surface area contributed by atoms with Crippen molar-refractivity contribution in [2.24, 2.45) is 0 Å². The number of rotatable bonds is 12. The number of benzene rings is 3. The molecule has 1 unspecified atom stereocenters. The molecule has 232 valence electrons.